The zero-order valence-electron chi connectivity index (χ0n) is 7.74. The molecule has 0 saturated heterocycles. The second kappa shape index (κ2) is 5.45. The van der Waals surface area contributed by atoms with Crippen molar-refractivity contribution in [3.8, 4) is 5.75 Å². The number of anilines is 1. The maximum Gasteiger partial charge on any atom is 0.272 e. The Balaban J connectivity index is 2.72. The second-order valence-electron chi connectivity index (χ2n) is 2.69. The smallest absolute Gasteiger partial charge is 0.272 e. The number of hydrogen-bond acceptors (Lipinski definition) is 2. The zero-order chi connectivity index (χ0) is 11.3. The number of benzene rings is 1. The molecule has 1 aromatic rings. The number of nitrogens with two attached hydrogens (primary N) is 1. The van der Waals surface area contributed by atoms with Crippen molar-refractivity contribution < 1.29 is 13.5 Å². The molecule has 3 N–H and O–H groups in total. The van der Waals surface area contributed by atoms with E-state index >= 15 is 0 Å². The van der Waals surface area contributed by atoms with Crippen molar-refractivity contribution in [2.75, 3.05) is 11.9 Å². The predicted octanol–water partition coefficient (Wildman–Crippen LogP) is 1.99. The minimum absolute atomic E-state index is 0.0584. The molecule has 0 aliphatic heterocycles. The molecule has 0 bridgehead atoms. The van der Waals surface area contributed by atoms with Crippen LogP contribution in [0.1, 0.15) is 0 Å². The molecule has 0 fully saturated rings. The highest BCUT2D eigenvalue weighted by molar-refractivity contribution is 7.80. The molecule has 82 valence electrons. The van der Waals surface area contributed by atoms with Crippen LogP contribution in [0.3, 0.4) is 0 Å². The lowest BCUT2D eigenvalue weighted by molar-refractivity contribution is 0.0823. The van der Waals surface area contributed by atoms with E-state index in [9.17, 15) is 8.78 Å². The predicted molar refractivity (Wildman–Crippen MR) is 58.3 cm³/mol. The van der Waals surface area contributed by atoms with Crippen LogP contribution >= 0.6 is 12.2 Å². The van der Waals surface area contributed by atoms with Crippen molar-refractivity contribution in [1.29, 1.82) is 0 Å². The fourth-order valence-electron chi connectivity index (χ4n) is 0.981. The monoisotopic (exact) mass is 232 g/mol. The maximum absolute atomic E-state index is 11.9. The topological polar surface area (TPSA) is 47.3 Å². The summed E-state index contributed by atoms with van der Waals surface area (Å²) in [5, 5.41) is 2.69. The van der Waals surface area contributed by atoms with Crippen LogP contribution in [-0.4, -0.2) is 18.1 Å². The first-order chi connectivity index (χ1) is 7.09. The molecule has 0 heterocycles. The summed E-state index contributed by atoms with van der Waals surface area (Å²) in [7, 11) is 0. The largest absolute Gasteiger partial charge is 0.485 e. The van der Waals surface area contributed by atoms with Crippen molar-refractivity contribution in [3.05, 3.63) is 24.3 Å². The Morgan fingerprint density at radius 3 is 2.73 bits per heavy atom. The van der Waals surface area contributed by atoms with Gasteiger partial charge in [0.2, 0.25) is 0 Å². The minimum Gasteiger partial charge on any atom is -0.485 e. The van der Waals surface area contributed by atoms with Gasteiger partial charge in [0.25, 0.3) is 6.43 Å². The molecule has 0 spiro atoms. The summed E-state index contributed by atoms with van der Waals surface area (Å²) in [4.78, 5) is 0. The first kappa shape index (κ1) is 11.6. The standard InChI is InChI=1S/C9H10F2N2OS/c10-8(11)5-14-7-4-2-1-3-6(7)13-9(12)15/h1-4,8H,5H2,(H3,12,13,15). The molecule has 0 aliphatic rings. The van der Waals surface area contributed by atoms with Crippen molar-refractivity contribution in [1.82, 2.24) is 0 Å². The summed E-state index contributed by atoms with van der Waals surface area (Å²) in [5.41, 5.74) is 5.74. The van der Waals surface area contributed by atoms with Gasteiger partial charge in [0.15, 0.2) is 5.11 Å². The summed E-state index contributed by atoms with van der Waals surface area (Å²) in [5.74, 6) is 0.297. The van der Waals surface area contributed by atoms with E-state index in [2.05, 4.69) is 17.5 Å². The van der Waals surface area contributed by atoms with Crippen LogP contribution in [0.5, 0.6) is 5.75 Å². The average molecular weight is 232 g/mol. The highest BCUT2D eigenvalue weighted by Crippen LogP contribution is 2.23. The van der Waals surface area contributed by atoms with Gasteiger partial charge in [-0.25, -0.2) is 8.78 Å². The number of thiocarbonyl (C=S) groups is 1. The highest BCUT2D eigenvalue weighted by atomic mass is 32.1. The van der Waals surface area contributed by atoms with E-state index in [1.165, 1.54) is 0 Å². The number of halogens is 2. The number of para-hydroxylation sites is 2. The summed E-state index contributed by atoms with van der Waals surface area (Å²) in [6.07, 6.45) is -2.51. The van der Waals surface area contributed by atoms with Gasteiger partial charge in [-0.2, -0.15) is 0 Å². The second-order valence-corrected chi connectivity index (χ2v) is 3.13. The minimum atomic E-state index is -2.51. The molecular formula is C9H10F2N2OS. The van der Waals surface area contributed by atoms with Crippen molar-refractivity contribution in [3.63, 3.8) is 0 Å². The summed E-state index contributed by atoms with van der Waals surface area (Å²) in [6.45, 7) is -0.657. The first-order valence-electron chi connectivity index (χ1n) is 4.16. The first-order valence-corrected chi connectivity index (χ1v) is 4.57. The number of ether oxygens (including phenoxy) is 1. The molecule has 0 unspecified atom stereocenters. The van der Waals surface area contributed by atoms with Gasteiger partial charge < -0.3 is 15.8 Å². The summed E-state index contributed by atoms with van der Waals surface area (Å²) >= 11 is 4.64. The third-order valence-corrected chi connectivity index (χ3v) is 1.61. The third-order valence-electron chi connectivity index (χ3n) is 1.51. The quantitative estimate of drug-likeness (QED) is 0.779. The molecule has 0 aromatic heterocycles. The van der Waals surface area contributed by atoms with E-state index in [4.69, 9.17) is 10.5 Å². The van der Waals surface area contributed by atoms with Crippen molar-refractivity contribution in [2.24, 2.45) is 5.73 Å². The van der Waals surface area contributed by atoms with Crippen molar-refractivity contribution in [2.45, 2.75) is 6.43 Å². The molecule has 0 atom stereocenters. The highest BCUT2D eigenvalue weighted by Gasteiger charge is 2.07. The Labute approximate surface area is 91.2 Å². The van der Waals surface area contributed by atoms with E-state index < -0.39 is 13.0 Å². The number of nitrogens with one attached hydrogen (secondary N) is 1. The van der Waals surface area contributed by atoms with E-state index in [1.54, 1.807) is 24.3 Å². The van der Waals surface area contributed by atoms with Crippen LogP contribution in [-0.2, 0) is 0 Å². The van der Waals surface area contributed by atoms with Gasteiger partial charge in [0.05, 0.1) is 5.69 Å². The molecule has 15 heavy (non-hydrogen) atoms. The number of hydrogen-bond donors (Lipinski definition) is 2. The van der Waals surface area contributed by atoms with Gasteiger partial charge in [0, 0.05) is 0 Å². The van der Waals surface area contributed by atoms with Gasteiger partial charge in [0.1, 0.15) is 12.4 Å². The molecule has 0 amide bonds. The lowest BCUT2D eigenvalue weighted by atomic mass is 10.3. The fourth-order valence-corrected chi connectivity index (χ4v) is 1.09. The van der Waals surface area contributed by atoms with Crippen LogP contribution in [0, 0.1) is 0 Å². The van der Waals surface area contributed by atoms with Crippen LogP contribution in [0.4, 0.5) is 14.5 Å². The van der Waals surface area contributed by atoms with E-state index in [0.29, 0.717) is 11.4 Å². The Kier molecular flexibility index (Phi) is 4.23. The molecule has 3 nitrogen and oxygen atoms in total. The molecule has 0 aliphatic carbocycles. The van der Waals surface area contributed by atoms with Crippen molar-refractivity contribution >= 4 is 23.0 Å². The molecule has 1 aromatic carbocycles. The normalized spacial score (nSPS) is 10.1. The number of alkyl halides is 2. The molecule has 1 rings (SSSR count). The SMILES string of the molecule is NC(=S)Nc1ccccc1OCC(F)F. The molecular weight excluding hydrogens is 222 g/mol. The van der Waals surface area contributed by atoms with Crippen LogP contribution in [0.25, 0.3) is 0 Å². The van der Waals surface area contributed by atoms with E-state index in [0.717, 1.165) is 0 Å². The summed E-state index contributed by atoms with van der Waals surface area (Å²) < 4.78 is 28.7. The number of rotatable bonds is 4. The third kappa shape index (κ3) is 4.07. The maximum atomic E-state index is 11.9. The fraction of sp³-hybridized carbons (Fsp3) is 0.222. The molecule has 0 radical (unpaired) electrons. The molecule has 0 saturated carbocycles. The van der Waals surface area contributed by atoms with Gasteiger partial charge in [-0.1, -0.05) is 12.1 Å². The molecule has 6 heteroatoms. The van der Waals surface area contributed by atoms with Crippen LogP contribution in [0.15, 0.2) is 24.3 Å². The van der Waals surface area contributed by atoms with Crippen LogP contribution < -0.4 is 15.8 Å². The van der Waals surface area contributed by atoms with Gasteiger partial charge in [-0.15, -0.1) is 0 Å². The lowest BCUT2D eigenvalue weighted by Gasteiger charge is -2.11. The van der Waals surface area contributed by atoms with Gasteiger partial charge in [-0.05, 0) is 24.4 Å². The Hall–Kier alpha value is -1.43. The van der Waals surface area contributed by atoms with E-state index in [1.807, 2.05) is 0 Å². The van der Waals surface area contributed by atoms with Gasteiger partial charge in [-0.3, -0.25) is 0 Å². The Bertz CT molecular complexity index is 347. The van der Waals surface area contributed by atoms with Crippen LogP contribution in [0.2, 0.25) is 0 Å². The van der Waals surface area contributed by atoms with E-state index in [-0.39, 0.29) is 5.11 Å². The summed E-state index contributed by atoms with van der Waals surface area (Å²) in [6, 6.07) is 6.59. The van der Waals surface area contributed by atoms with Gasteiger partial charge >= 0.3 is 0 Å². The lowest BCUT2D eigenvalue weighted by Crippen LogP contribution is -2.19. The zero-order valence-corrected chi connectivity index (χ0v) is 8.56. The Morgan fingerprint density at radius 2 is 2.13 bits per heavy atom. The Morgan fingerprint density at radius 1 is 1.47 bits per heavy atom. The average Bonchev–Trinajstić information content (AvgIpc) is 2.15.